The number of methoxy groups -OCH3 is 1. The van der Waals surface area contributed by atoms with E-state index in [1.54, 1.807) is 0 Å². The van der Waals surface area contributed by atoms with Gasteiger partial charge < -0.3 is 4.74 Å². The molecule has 0 N–H and O–H groups in total. The molecule has 0 bridgehead atoms. The van der Waals surface area contributed by atoms with Crippen LogP contribution >= 0.6 is 23.2 Å². The topological polar surface area (TPSA) is 43.4 Å². The summed E-state index contributed by atoms with van der Waals surface area (Å²) in [6, 6.07) is 0. The molecular weight excluding hydrogens is 179 g/mol. The van der Waals surface area contributed by atoms with E-state index in [1.807, 2.05) is 0 Å². The lowest BCUT2D eigenvalue weighted by Crippen LogP contribution is -2.20. The quantitative estimate of drug-likeness (QED) is 0.611. The third kappa shape index (κ3) is 3.82. The molecule has 0 aliphatic rings. The third-order valence-corrected chi connectivity index (χ3v) is 1.28. The van der Waals surface area contributed by atoms with Crippen molar-refractivity contribution in [1.29, 1.82) is 0 Å². The molecule has 58 valence electrons. The van der Waals surface area contributed by atoms with Crippen LogP contribution in [0, 0.1) is 0 Å². The number of carbonyl (C=O) groups is 2. The van der Waals surface area contributed by atoms with Gasteiger partial charge in [-0.2, -0.15) is 0 Å². The molecule has 0 amide bonds. The van der Waals surface area contributed by atoms with Crippen molar-refractivity contribution in [3.8, 4) is 0 Å². The van der Waals surface area contributed by atoms with E-state index in [0.29, 0.717) is 0 Å². The fourth-order valence-electron chi connectivity index (χ4n) is 0.402. The molecule has 0 aliphatic heterocycles. The molecule has 0 radical (unpaired) electrons. The molecule has 0 saturated heterocycles. The molecule has 0 spiro atoms. The summed E-state index contributed by atoms with van der Waals surface area (Å²) < 4.78 is 4.54. The zero-order valence-electron chi connectivity index (χ0n) is 5.27. The minimum atomic E-state index is -0.910. The Morgan fingerprint density at radius 2 is 2.00 bits per heavy atom. The first-order valence-electron chi connectivity index (χ1n) is 2.48. The van der Waals surface area contributed by atoms with Gasteiger partial charge in [0, 0.05) is 7.11 Å². The van der Waals surface area contributed by atoms with Gasteiger partial charge >= 0.3 is 0 Å². The maximum atomic E-state index is 10.3. The Kier molecular flexibility index (Phi) is 4.60. The molecule has 0 heterocycles. The van der Waals surface area contributed by atoms with E-state index in [4.69, 9.17) is 23.2 Å². The summed E-state index contributed by atoms with van der Waals surface area (Å²) in [5.41, 5.74) is 0. The second-order valence-corrected chi connectivity index (χ2v) is 2.38. The summed E-state index contributed by atoms with van der Waals surface area (Å²) in [7, 11) is 1.28. The molecule has 0 aliphatic carbocycles. The molecule has 0 aromatic rings. The van der Waals surface area contributed by atoms with E-state index in [9.17, 15) is 9.59 Å². The molecule has 0 saturated carbocycles. The van der Waals surface area contributed by atoms with Gasteiger partial charge in [-0.05, 0) is 23.2 Å². The number of ether oxygens (including phenoxy) is 1. The van der Waals surface area contributed by atoms with Gasteiger partial charge in [0.15, 0.2) is 0 Å². The van der Waals surface area contributed by atoms with Gasteiger partial charge in [-0.15, -0.1) is 0 Å². The number of carbonyl (C=O) groups excluding carboxylic acids is 2. The van der Waals surface area contributed by atoms with Crippen LogP contribution in [0.15, 0.2) is 0 Å². The minimum Gasteiger partial charge on any atom is -0.372 e. The van der Waals surface area contributed by atoms with Crippen molar-refractivity contribution < 1.29 is 14.3 Å². The van der Waals surface area contributed by atoms with Gasteiger partial charge in [0.1, 0.15) is 6.10 Å². The van der Waals surface area contributed by atoms with Crippen molar-refractivity contribution in [2.24, 2.45) is 0 Å². The van der Waals surface area contributed by atoms with E-state index in [-0.39, 0.29) is 6.42 Å². The summed E-state index contributed by atoms with van der Waals surface area (Å²) >= 11 is 9.98. The first kappa shape index (κ1) is 9.88. The lowest BCUT2D eigenvalue weighted by Gasteiger charge is -2.05. The van der Waals surface area contributed by atoms with E-state index < -0.39 is 16.6 Å². The van der Waals surface area contributed by atoms with Crippen molar-refractivity contribution in [1.82, 2.24) is 0 Å². The maximum Gasteiger partial charge on any atom is 0.250 e. The van der Waals surface area contributed by atoms with Gasteiger partial charge in [-0.3, -0.25) is 9.59 Å². The zero-order chi connectivity index (χ0) is 8.15. The number of hydrogen-bond donors (Lipinski definition) is 0. The van der Waals surface area contributed by atoms with Crippen molar-refractivity contribution in [2.45, 2.75) is 12.5 Å². The number of hydrogen-bond acceptors (Lipinski definition) is 3. The SMILES string of the molecule is COC(CC(=O)Cl)C(=O)Cl. The Labute approximate surface area is 68.2 Å². The van der Waals surface area contributed by atoms with Gasteiger partial charge in [0.2, 0.25) is 5.24 Å². The molecule has 10 heavy (non-hydrogen) atoms. The van der Waals surface area contributed by atoms with Crippen molar-refractivity contribution >= 4 is 33.7 Å². The van der Waals surface area contributed by atoms with Crippen LogP contribution < -0.4 is 0 Å². The molecule has 1 atom stereocenters. The normalized spacial score (nSPS) is 12.7. The first-order chi connectivity index (χ1) is 4.57. The van der Waals surface area contributed by atoms with Crippen molar-refractivity contribution in [3.05, 3.63) is 0 Å². The smallest absolute Gasteiger partial charge is 0.250 e. The Hall–Kier alpha value is -0.120. The second kappa shape index (κ2) is 4.66. The van der Waals surface area contributed by atoms with Crippen molar-refractivity contribution in [2.75, 3.05) is 7.11 Å². The highest BCUT2D eigenvalue weighted by Crippen LogP contribution is 2.04. The summed E-state index contributed by atoms with van der Waals surface area (Å²) in [6.07, 6.45) is -1.09. The molecule has 1 unspecified atom stereocenters. The average Bonchev–Trinajstić information content (AvgIpc) is 1.81. The number of halogens is 2. The largest absolute Gasteiger partial charge is 0.372 e. The van der Waals surface area contributed by atoms with Crippen LogP contribution in [-0.4, -0.2) is 23.7 Å². The number of rotatable bonds is 4. The molecular formula is C5H6Cl2O3. The Bertz CT molecular complexity index is 146. The summed E-state index contributed by atoms with van der Waals surface area (Å²) in [5.74, 6) is 0. The Morgan fingerprint density at radius 1 is 1.50 bits per heavy atom. The van der Waals surface area contributed by atoms with Gasteiger partial charge in [0.25, 0.3) is 5.24 Å². The van der Waals surface area contributed by atoms with Gasteiger partial charge in [-0.1, -0.05) is 0 Å². The van der Waals surface area contributed by atoms with Crippen LogP contribution in [0.3, 0.4) is 0 Å². The highest BCUT2D eigenvalue weighted by molar-refractivity contribution is 6.66. The molecule has 0 aromatic heterocycles. The van der Waals surface area contributed by atoms with Gasteiger partial charge in [-0.25, -0.2) is 0 Å². The fraction of sp³-hybridized carbons (Fsp3) is 0.600. The lowest BCUT2D eigenvalue weighted by atomic mass is 10.3. The van der Waals surface area contributed by atoms with E-state index in [0.717, 1.165) is 0 Å². The predicted octanol–water partition coefficient (Wildman–Crippen LogP) is 0.922. The lowest BCUT2D eigenvalue weighted by molar-refractivity contribution is -0.125. The first-order valence-corrected chi connectivity index (χ1v) is 3.24. The van der Waals surface area contributed by atoms with E-state index in [1.165, 1.54) is 7.11 Å². The summed E-state index contributed by atoms with van der Waals surface area (Å²) in [4.78, 5) is 20.5. The second-order valence-electron chi connectivity index (χ2n) is 1.59. The molecule has 3 nitrogen and oxygen atoms in total. The Balaban J connectivity index is 3.83. The van der Waals surface area contributed by atoms with Crippen molar-refractivity contribution in [3.63, 3.8) is 0 Å². The van der Waals surface area contributed by atoms with Gasteiger partial charge in [0.05, 0.1) is 6.42 Å². The Morgan fingerprint density at radius 3 is 2.10 bits per heavy atom. The minimum absolute atomic E-state index is 0.180. The van der Waals surface area contributed by atoms with Crippen LogP contribution in [0.5, 0.6) is 0 Å². The molecule has 5 heteroatoms. The molecule has 0 aromatic carbocycles. The highest BCUT2D eigenvalue weighted by atomic mass is 35.5. The highest BCUT2D eigenvalue weighted by Gasteiger charge is 2.17. The van der Waals surface area contributed by atoms with Crippen LogP contribution in [0.4, 0.5) is 0 Å². The standard InChI is InChI=1S/C5H6Cl2O3/c1-10-3(5(7)9)2-4(6)8/h3H,2H2,1H3. The maximum absolute atomic E-state index is 10.3. The van der Waals surface area contributed by atoms with Crippen LogP contribution in [-0.2, 0) is 14.3 Å². The fourth-order valence-corrected chi connectivity index (χ4v) is 0.708. The third-order valence-electron chi connectivity index (χ3n) is 0.884. The summed E-state index contributed by atoms with van der Waals surface area (Å²) in [5, 5.41) is -1.35. The van der Waals surface area contributed by atoms with Crippen LogP contribution in [0.2, 0.25) is 0 Å². The van der Waals surface area contributed by atoms with Crippen LogP contribution in [0.25, 0.3) is 0 Å². The van der Waals surface area contributed by atoms with E-state index >= 15 is 0 Å². The summed E-state index contributed by atoms with van der Waals surface area (Å²) in [6.45, 7) is 0. The monoisotopic (exact) mass is 184 g/mol. The van der Waals surface area contributed by atoms with E-state index in [2.05, 4.69) is 4.74 Å². The van der Waals surface area contributed by atoms with Crippen LogP contribution in [0.1, 0.15) is 6.42 Å². The molecule has 0 rings (SSSR count). The predicted molar refractivity (Wildman–Crippen MR) is 37.1 cm³/mol. The molecule has 0 fully saturated rings. The average molecular weight is 185 g/mol. The zero-order valence-corrected chi connectivity index (χ0v) is 6.78.